The molecule has 1 aromatic rings. The quantitative estimate of drug-likeness (QED) is 0.637. The van der Waals surface area contributed by atoms with E-state index in [1.807, 2.05) is 30.3 Å². The summed E-state index contributed by atoms with van der Waals surface area (Å²) in [6.07, 6.45) is 0. The van der Waals surface area contributed by atoms with Crippen LogP contribution in [0.2, 0.25) is 0 Å². The molecule has 0 saturated carbocycles. The first-order valence-electron chi connectivity index (χ1n) is 4.15. The predicted molar refractivity (Wildman–Crippen MR) is 47.4 cm³/mol. The lowest BCUT2D eigenvalue weighted by Gasteiger charge is -1.97. The Labute approximate surface area is 77.1 Å². The van der Waals surface area contributed by atoms with Crippen LogP contribution in [0.5, 0.6) is 0 Å². The molecule has 0 N–H and O–H groups in total. The zero-order chi connectivity index (χ0) is 9.26. The Hall–Kier alpha value is -1.37. The number of rotatable bonds is 2. The zero-order valence-corrected chi connectivity index (χ0v) is 7.34. The van der Waals surface area contributed by atoms with Crippen LogP contribution in [0.3, 0.4) is 0 Å². The van der Waals surface area contributed by atoms with Crippen molar-refractivity contribution in [3.63, 3.8) is 0 Å². The van der Waals surface area contributed by atoms with Gasteiger partial charge in [0, 0.05) is 0 Å². The molecule has 0 radical (unpaired) electrons. The molecule has 2 rings (SSSR count). The van der Waals surface area contributed by atoms with E-state index in [0.717, 1.165) is 5.56 Å². The van der Waals surface area contributed by atoms with Crippen molar-refractivity contribution in [1.82, 2.24) is 5.06 Å². The molecule has 3 nitrogen and oxygen atoms in total. The van der Waals surface area contributed by atoms with E-state index >= 15 is 0 Å². The molecule has 66 valence electrons. The Balaban J connectivity index is 2.18. The third-order valence-electron chi connectivity index (χ3n) is 2.24. The average molecular weight is 174 g/mol. The van der Waals surface area contributed by atoms with Crippen LogP contribution in [0.1, 0.15) is 11.6 Å². The SMILES string of the molecule is CON1C(C#N)C1c1ccccc1. The lowest BCUT2D eigenvalue weighted by atomic mass is 10.1. The van der Waals surface area contributed by atoms with E-state index in [-0.39, 0.29) is 12.1 Å². The second kappa shape index (κ2) is 3.17. The second-order valence-electron chi connectivity index (χ2n) is 2.97. The molecule has 0 amide bonds. The van der Waals surface area contributed by atoms with Gasteiger partial charge in [-0.2, -0.15) is 10.3 Å². The molecule has 3 atom stereocenters. The molecular weight excluding hydrogens is 164 g/mol. The van der Waals surface area contributed by atoms with Crippen molar-refractivity contribution in [2.45, 2.75) is 12.1 Å². The van der Waals surface area contributed by atoms with Crippen LogP contribution < -0.4 is 0 Å². The Morgan fingerprint density at radius 1 is 1.38 bits per heavy atom. The number of hydroxylamine groups is 2. The molecular formula is C10H10N2O. The zero-order valence-electron chi connectivity index (χ0n) is 7.34. The molecule has 1 aliphatic rings. The molecule has 3 heteroatoms. The van der Waals surface area contributed by atoms with Crippen molar-refractivity contribution >= 4 is 0 Å². The normalized spacial score (nSPS) is 30.9. The van der Waals surface area contributed by atoms with Crippen molar-refractivity contribution < 1.29 is 4.84 Å². The fourth-order valence-corrected chi connectivity index (χ4v) is 1.55. The highest BCUT2D eigenvalue weighted by molar-refractivity contribution is 5.29. The van der Waals surface area contributed by atoms with E-state index in [1.165, 1.54) is 0 Å². The third-order valence-corrected chi connectivity index (χ3v) is 2.24. The third kappa shape index (κ3) is 1.31. The van der Waals surface area contributed by atoms with Gasteiger partial charge in [-0.1, -0.05) is 30.3 Å². The van der Waals surface area contributed by atoms with Crippen molar-refractivity contribution in [2.75, 3.05) is 7.11 Å². The lowest BCUT2D eigenvalue weighted by molar-refractivity contribution is -0.0438. The number of nitrogens with zero attached hydrogens (tertiary/aromatic N) is 2. The van der Waals surface area contributed by atoms with E-state index in [1.54, 1.807) is 12.2 Å². The van der Waals surface area contributed by atoms with Crippen LogP contribution in [0, 0.1) is 11.3 Å². The molecule has 0 aliphatic carbocycles. The van der Waals surface area contributed by atoms with Crippen LogP contribution in [0.15, 0.2) is 30.3 Å². The van der Waals surface area contributed by atoms with E-state index in [0.29, 0.717) is 0 Å². The van der Waals surface area contributed by atoms with Crippen molar-refractivity contribution in [2.24, 2.45) is 0 Å². The first-order valence-corrected chi connectivity index (χ1v) is 4.15. The minimum absolute atomic E-state index is 0.118. The average Bonchev–Trinajstić information content (AvgIpc) is 2.92. The molecule has 1 heterocycles. The van der Waals surface area contributed by atoms with Crippen molar-refractivity contribution in [1.29, 1.82) is 5.26 Å². The Morgan fingerprint density at radius 3 is 2.54 bits per heavy atom. The van der Waals surface area contributed by atoms with Gasteiger partial charge in [0.15, 0.2) is 0 Å². The van der Waals surface area contributed by atoms with Crippen LogP contribution in [-0.2, 0) is 4.84 Å². The fourth-order valence-electron chi connectivity index (χ4n) is 1.55. The summed E-state index contributed by atoms with van der Waals surface area (Å²) in [5.41, 5.74) is 1.14. The van der Waals surface area contributed by atoms with Gasteiger partial charge in [0.05, 0.1) is 19.2 Å². The van der Waals surface area contributed by atoms with E-state index in [4.69, 9.17) is 10.1 Å². The summed E-state index contributed by atoms with van der Waals surface area (Å²) in [5.74, 6) is 0. The van der Waals surface area contributed by atoms with Crippen molar-refractivity contribution in [3.8, 4) is 6.07 Å². The Kier molecular flexibility index (Phi) is 2.01. The van der Waals surface area contributed by atoms with Gasteiger partial charge in [0.25, 0.3) is 0 Å². The summed E-state index contributed by atoms with van der Waals surface area (Å²) in [6, 6.07) is 12.1. The number of nitriles is 1. The molecule has 0 spiro atoms. The van der Waals surface area contributed by atoms with Gasteiger partial charge in [-0.25, -0.2) is 0 Å². The number of benzene rings is 1. The summed E-state index contributed by atoms with van der Waals surface area (Å²) in [7, 11) is 1.59. The molecule has 1 aromatic carbocycles. The minimum atomic E-state index is -0.118. The van der Waals surface area contributed by atoms with Crippen LogP contribution >= 0.6 is 0 Å². The van der Waals surface area contributed by atoms with Gasteiger partial charge in [0.1, 0.15) is 6.04 Å². The maximum atomic E-state index is 8.77. The second-order valence-corrected chi connectivity index (χ2v) is 2.97. The van der Waals surface area contributed by atoms with Gasteiger partial charge in [-0.15, -0.1) is 0 Å². The van der Waals surface area contributed by atoms with Crippen LogP contribution in [0.25, 0.3) is 0 Å². The first-order chi connectivity index (χ1) is 6.38. The van der Waals surface area contributed by atoms with Crippen LogP contribution in [0.4, 0.5) is 0 Å². The Morgan fingerprint density at radius 2 is 2.08 bits per heavy atom. The summed E-state index contributed by atoms with van der Waals surface area (Å²) >= 11 is 0. The summed E-state index contributed by atoms with van der Waals surface area (Å²) in [5, 5.41) is 10.5. The van der Waals surface area contributed by atoms with Gasteiger partial charge in [-0.05, 0) is 5.56 Å². The smallest absolute Gasteiger partial charge is 0.144 e. The number of hydrogen-bond donors (Lipinski definition) is 0. The van der Waals surface area contributed by atoms with Crippen LogP contribution in [-0.4, -0.2) is 18.2 Å². The lowest BCUT2D eigenvalue weighted by Crippen LogP contribution is -1.96. The van der Waals surface area contributed by atoms with E-state index in [9.17, 15) is 0 Å². The minimum Gasteiger partial charge on any atom is -0.300 e. The highest BCUT2D eigenvalue weighted by Crippen LogP contribution is 2.42. The standard InChI is InChI=1S/C10H10N2O/c1-13-12-9(7-11)10(12)8-5-3-2-4-6-8/h2-6,9-10H,1H3. The predicted octanol–water partition coefficient (Wildman–Crippen LogP) is 1.50. The van der Waals surface area contributed by atoms with Gasteiger partial charge in [0.2, 0.25) is 0 Å². The molecule has 1 fully saturated rings. The highest BCUT2D eigenvalue weighted by Gasteiger charge is 2.50. The molecule has 13 heavy (non-hydrogen) atoms. The van der Waals surface area contributed by atoms with Gasteiger partial charge < -0.3 is 4.84 Å². The van der Waals surface area contributed by atoms with Gasteiger partial charge >= 0.3 is 0 Å². The first kappa shape index (κ1) is 8.24. The molecule has 0 aromatic heterocycles. The van der Waals surface area contributed by atoms with Crippen molar-refractivity contribution in [3.05, 3.63) is 35.9 Å². The Bertz CT molecular complexity index is 331. The van der Waals surface area contributed by atoms with E-state index < -0.39 is 0 Å². The van der Waals surface area contributed by atoms with E-state index in [2.05, 4.69) is 6.07 Å². The molecule has 0 bridgehead atoms. The molecule has 1 saturated heterocycles. The fraction of sp³-hybridized carbons (Fsp3) is 0.300. The topological polar surface area (TPSA) is 36.0 Å². The number of hydrogen-bond acceptors (Lipinski definition) is 3. The summed E-state index contributed by atoms with van der Waals surface area (Å²) < 4.78 is 0. The maximum Gasteiger partial charge on any atom is 0.144 e. The largest absolute Gasteiger partial charge is 0.300 e. The monoisotopic (exact) mass is 174 g/mol. The summed E-state index contributed by atoms with van der Waals surface area (Å²) in [4.78, 5) is 5.04. The maximum absolute atomic E-state index is 8.77. The molecule has 3 unspecified atom stereocenters. The summed E-state index contributed by atoms with van der Waals surface area (Å²) in [6.45, 7) is 0. The highest BCUT2D eigenvalue weighted by atomic mass is 16.7. The van der Waals surface area contributed by atoms with Gasteiger partial charge in [-0.3, -0.25) is 0 Å². The molecule has 1 aliphatic heterocycles.